The van der Waals surface area contributed by atoms with E-state index in [1.165, 1.54) is 5.56 Å². The fraction of sp³-hybridized carbons (Fsp3) is 0.235. The second-order valence-corrected chi connectivity index (χ2v) is 5.74. The summed E-state index contributed by atoms with van der Waals surface area (Å²) < 4.78 is 5.96. The molecule has 3 rings (SSSR count). The summed E-state index contributed by atoms with van der Waals surface area (Å²) in [4.78, 5) is 4.63. The van der Waals surface area contributed by atoms with Crippen molar-refractivity contribution in [3.8, 4) is 0 Å². The summed E-state index contributed by atoms with van der Waals surface area (Å²) in [7, 11) is 0. The number of nitrogen functional groups attached to an aromatic ring is 1. The predicted molar refractivity (Wildman–Crippen MR) is 81.7 cm³/mol. The number of fused-ring (bicyclic) bond motifs is 1. The number of nitrogens with zero attached hydrogens (tertiary/aromatic N) is 1. The third-order valence-electron chi connectivity index (χ3n) is 3.71. The first-order valence-corrected chi connectivity index (χ1v) is 6.70. The number of benzene rings is 2. The molecule has 0 bridgehead atoms. The van der Waals surface area contributed by atoms with E-state index in [-0.39, 0.29) is 5.41 Å². The highest BCUT2D eigenvalue weighted by molar-refractivity contribution is 5.73. The van der Waals surface area contributed by atoms with Crippen LogP contribution in [0.5, 0.6) is 0 Å². The summed E-state index contributed by atoms with van der Waals surface area (Å²) in [5.41, 5.74) is 10.3. The van der Waals surface area contributed by atoms with Gasteiger partial charge in [0.25, 0.3) is 0 Å². The highest BCUT2D eigenvalue weighted by Gasteiger charge is 2.29. The first-order valence-electron chi connectivity index (χ1n) is 6.70. The second kappa shape index (κ2) is 4.37. The average Bonchev–Trinajstić information content (AvgIpc) is 2.83. The number of nitrogens with two attached hydrogens (primary N) is 1. The summed E-state index contributed by atoms with van der Waals surface area (Å²) in [5, 5.41) is 0. The summed E-state index contributed by atoms with van der Waals surface area (Å²) in [6.07, 6.45) is 0. The van der Waals surface area contributed by atoms with Crippen LogP contribution in [0.2, 0.25) is 0 Å². The number of rotatable bonds is 2. The molecule has 0 amide bonds. The quantitative estimate of drug-likeness (QED) is 0.712. The first kappa shape index (κ1) is 12.7. The molecule has 0 saturated carbocycles. The zero-order valence-corrected chi connectivity index (χ0v) is 12.0. The Labute approximate surface area is 118 Å². The maximum atomic E-state index is 5.96. The van der Waals surface area contributed by atoms with Gasteiger partial charge in [0.2, 0.25) is 5.89 Å². The zero-order chi connectivity index (χ0) is 14.3. The van der Waals surface area contributed by atoms with Gasteiger partial charge in [0.15, 0.2) is 5.58 Å². The van der Waals surface area contributed by atoms with Crippen LogP contribution < -0.4 is 5.73 Å². The molecule has 1 aromatic heterocycles. The number of hydrogen-bond donors (Lipinski definition) is 1. The molecule has 0 unspecified atom stereocenters. The summed E-state index contributed by atoms with van der Waals surface area (Å²) >= 11 is 0. The number of aromatic nitrogens is 1. The van der Waals surface area contributed by atoms with Gasteiger partial charge in [0.05, 0.1) is 5.41 Å². The van der Waals surface area contributed by atoms with E-state index in [1.807, 2.05) is 49.4 Å². The lowest BCUT2D eigenvalue weighted by Gasteiger charge is -2.21. The van der Waals surface area contributed by atoms with E-state index in [4.69, 9.17) is 10.2 Å². The van der Waals surface area contributed by atoms with Crippen molar-refractivity contribution < 1.29 is 4.42 Å². The Hall–Kier alpha value is -2.29. The van der Waals surface area contributed by atoms with Crippen molar-refractivity contribution in [2.24, 2.45) is 0 Å². The van der Waals surface area contributed by atoms with Crippen LogP contribution >= 0.6 is 0 Å². The van der Waals surface area contributed by atoms with Gasteiger partial charge in [-0.25, -0.2) is 4.98 Å². The molecule has 102 valence electrons. The molecule has 0 aliphatic carbocycles. The Balaban J connectivity index is 2.10. The lowest BCUT2D eigenvalue weighted by Crippen LogP contribution is -2.19. The molecule has 0 aliphatic heterocycles. The minimum atomic E-state index is -0.291. The van der Waals surface area contributed by atoms with E-state index in [1.54, 1.807) is 0 Å². The highest BCUT2D eigenvalue weighted by Crippen LogP contribution is 2.33. The smallest absolute Gasteiger partial charge is 0.205 e. The van der Waals surface area contributed by atoms with E-state index < -0.39 is 0 Å². The number of anilines is 1. The first-order chi connectivity index (χ1) is 9.46. The Morgan fingerprint density at radius 1 is 1.05 bits per heavy atom. The van der Waals surface area contributed by atoms with Crippen LogP contribution in [-0.4, -0.2) is 4.98 Å². The van der Waals surface area contributed by atoms with Gasteiger partial charge in [0, 0.05) is 5.69 Å². The van der Waals surface area contributed by atoms with Crippen molar-refractivity contribution in [1.29, 1.82) is 0 Å². The lowest BCUT2D eigenvalue weighted by molar-refractivity contribution is 0.433. The van der Waals surface area contributed by atoms with E-state index in [2.05, 4.69) is 18.8 Å². The van der Waals surface area contributed by atoms with Crippen molar-refractivity contribution in [3.05, 3.63) is 59.5 Å². The summed E-state index contributed by atoms with van der Waals surface area (Å²) in [5.74, 6) is 0.725. The number of oxazole rings is 1. The molecular formula is C17H18N2O. The fourth-order valence-corrected chi connectivity index (χ4v) is 2.32. The third-order valence-corrected chi connectivity index (χ3v) is 3.71. The van der Waals surface area contributed by atoms with Crippen LogP contribution in [0.3, 0.4) is 0 Å². The van der Waals surface area contributed by atoms with Crippen LogP contribution in [-0.2, 0) is 5.41 Å². The van der Waals surface area contributed by atoms with E-state index in [0.717, 1.165) is 28.2 Å². The van der Waals surface area contributed by atoms with Crippen molar-refractivity contribution in [3.63, 3.8) is 0 Å². The molecule has 0 radical (unpaired) electrons. The SMILES string of the molecule is Cc1ccc2nc(C(C)(C)c3ccc(N)cc3)oc2c1. The molecule has 20 heavy (non-hydrogen) atoms. The second-order valence-electron chi connectivity index (χ2n) is 5.74. The van der Waals surface area contributed by atoms with Gasteiger partial charge in [-0.15, -0.1) is 0 Å². The van der Waals surface area contributed by atoms with Gasteiger partial charge in [-0.2, -0.15) is 0 Å². The van der Waals surface area contributed by atoms with Gasteiger partial charge < -0.3 is 10.2 Å². The Kier molecular flexibility index (Phi) is 2.78. The Morgan fingerprint density at radius 2 is 1.75 bits per heavy atom. The largest absolute Gasteiger partial charge is 0.440 e. The normalized spacial score (nSPS) is 11.9. The van der Waals surface area contributed by atoms with Crippen molar-refractivity contribution in [2.75, 3.05) is 5.73 Å². The van der Waals surface area contributed by atoms with Crippen LogP contribution in [0.1, 0.15) is 30.9 Å². The fourth-order valence-electron chi connectivity index (χ4n) is 2.32. The molecule has 0 saturated heterocycles. The lowest BCUT2D eigenvalue weighted by atomic mass is 9.84. The molecule has 1 heterocycles. The monoisotopic (exact) mass is 266 g/mol. The molecule has 3 heteroatoms. The zero-order valence-electron chi connectivity index (χ0n) is 12.0. The number of hydrogen-bond acceptors (Lipinski definition) is 3. The van der Waals surface area contributed by atoms with Gasteiger partial charge >= 0.3 is 0 Å². The molecule has 3 nitrogen and oxygen atoms in total. The Morgan fingerprint density at radius 3 is 2.45 bits per heavy atom. The van der Waals surface area contributed by atoms with Gasteiger partial charge in [-0.1, -0.05) is 18.2 Å². The van der Waals surface area contributed by atoms with E-state index in [9.17, 15) is 0 Å². The molecule has 2 N–H and O–H groups in total. The van der Waals surface area contributed by atoms with Crippen LogP contribution in [0.4, 0.5) is 5.69 Å². The average molecular weight is 266 g/mol. The minimum absolute atomic E-state index is 0.291. The molecule has 0 spiro atoms. The molecule has 0 aliphatic rings. The van der Waals surface area contributed by atoms with Gasteiger partial charge in [0.1, 0.15) is 5.52 Å². The minimum Gasteiger partial charge on any atom is -0.440 e. The third kappa shape index (κ3) is 2.05. The van der Waals surface area contributed by atoms with Gasteiger partial charge in [-0.3, -0.25) is 0 Å². The summed E-state index contributed by atoms with van der Waals surface area (Å²) in [6.45, 7) is 6.26. The van der Waals surface area contributed by atoms with Crippen molar-refractivity contribution >= 4 is 16.8 Å². The molecule has 2 aromatic carbocycles. The maximum Gasteiger partial charge on any atom is 0.205 e. The molecule has 0 atom stereocenters. The maximum absolute atomic E-state index is 5.96. The predicted octanol–water partition coefficient (Wildman–Crippen LogP) is 4.04. The summed E-state index contributed by atoms with van der Waals surface area (Å²) in [6, 6.07) is 13.9. The molecule has 3 aromatic rings. The van der Waals surface area contributed by atoms with Crippen molar-refractivity contribution in [1.82, 2.24) is 4.98 Å². The van der Waals surface area contributed by atoms with Crippen LogP contribution in [0.25, 0.3) is 11.1 Å². The highest BCUT2D eigenvalue weighted by atomic mass is 16.3. The van der Waals surface area contributed by atoms with Crippen molar-refractivity contribution in [2.45, 2.75) is 26.2 Å². The Bertz CT molecular complexity index is 754. The number of aryl methyl sites for hydroxylation is 1. The topological polar surface area (TPSA) is 52.0 Å². The molecule has 0 fully saturated rings. The van der Waals surface area contributed by atoms with E-state index >= 15 is 0 Å². The van der Waals surface area contributed by atoms with E-state index in [0.29, 0.717) is 0 Å². The van der Waals surface area contributed by atoms with Crippen LogP contribution in [0, 0.1) is 6.92 Å². The van der Waals surface area contributed by atoms with Crippen LogP contribution in [0.15, 0.2) is 46.9 Å². The van der Waals surface area contributed by atoms with Gasteiger partial charge in [-0.05, 0) is 56.2 Å². The molecular weight excluding hydrogens is 248 g/mol. The standard InChI is InChI=1S/C17H18N2O/c1-11-4-9-14-15(10-11)20-16(19-14)17(2,3)12-5-7-13(18)8-6-12/h4-10H,18H2,1-3H3.